The van der Waals surface area contributed by atoms with Crippen molar-refractivity contribution in [1.29, 1.82) is 0 Å². The van der Waals surface area contributed by atoms with Gasteiger partial charge in [-0.3, -0.25) is 4.72 Å². The summed E-state index contributed by atoms with van der Waals surface area (Å²) in [5.74, 6) is 0. The number of nitrogens with one attached hydrogen (secondary N) is 2. The normalized spacial score (nSPS) is 17.4. The second kappa shape index (κ2) is 8.08. The van der Waals surface area contributed by atoms with E-state index in [2.05, 4.69) is 11.8 Å². The molecule has 7 heteroatoms. The van der Waals surface area contributed by atoms with E-state index in [9.17, 15) is 8.42 Å². The summed E-state index contributed by atoms with van der Waals surface area (Å²) in [6.45, 7) is 0.814. The van der Waals surface area contributed by atoms with Crippen LogP contribution in [0.15, 0.2) is 40.6 Å². The van der Waals surface area contributed by atoms with Crippen LogP contribution < -0.4 is 9.62 Å². The zero-order valence-electron chi connectivity index (χ0n) is 14.3. The van der Waals surface area contributed by atoms with Gasteiger partial charge in [0.1, 0.15) is 10.8 Å². The Bertz CT molecular complexity index is 814. The molecule has 1 aliphatic rings. The molecule has 1 heterocycles. The molecule has 2 aromatic rings. The first kappa shape index (κ1) is 18.7. The van der Waals surface area contributed by atoms with E-state index in [-0.39, 0.29) is 4.21 Å². The van der Waals surface area contributed by atoms with Gasteiger partial charge in [0.2, 0.25) is 0 Å². The van der Waals surface area contributed by atoms with Crippen molar-refractivity contribution in [3.05, 3.63) is 46.3 Å². The average Bonchev–Trinajstić information content (AvgIpc) is 3.05. The van der Waals surface area contributed by atoms with Gasteiger partial charge in [-0.25, -0.2) is 8.42 Å². The highest BCUT2D eigenvalue weighted by molar-refractivity contribution is 7.94. The van der Waals surface area contributed by atoms with Crippen LogP contribution in [0.4, 0.5) is 5.69 Å². The third-order valence-corrected chi connectivity index (χ3v) is 7.93. The first-order valence-corrected chi connectivity index (χ1v) is 11.3. The standard InChI is InChI=1S/C18H23ClN2O2S2/c1-21(15-8-3-2-4-9-15)13-14-7-5-6-10-16(14)20-25(22,23)18-12-11-17(19)24-18/h5-7,10-12,15,20H,2-4,8-9,13H2,1H3/p+1. The van der Waals surface area contributed by atoms with Crippen LogP contribution in [-0.2, 0) is 16.6 Å². The molecule has 0 spiro atoms. The minimum absolute atomic E-state index is 0.236. The zero-order chi connectivity index (χ0) is 17.9. The molecular formula is C18H24ClN2O2S2+. The summed E-state index contributed by atoms with van der Waals surface area (Å²) in [6.07, 6.45) is 6.45. The van der Waals surface area contributed by atoms with Crippen LogP contribution in [0.3, 0.4) is 0 Å². The van der Waals surface area contributed by atoms with Gasteiger partial charge < -0.3 is 4.90 Å². The second-order valence-corrected chi connectivity index (χ2v) is 10.3. The third kappa shape index (κ3) is 4.76. The number of rotatable bonds is 6. The average molecular weight is 400 g/mol. The van der Waals surface area contributed by atoms with E-state index < -0.39 is 10.0 Å². The van der Waals surface area contributed by atoms with E-state index in [1.165, 1.54) is 43.1 Å². The summed E-state index contributed by atoms with van der Waals surface area (Å²) in [5.41, 5.74) is 1.68. The number of hydrogen-bond acceptors (Lipinski definition) is 3. The fourth-order valence-electron chi connectivity index (χ4n) is 3.45. The van der Waals surface area contributed by atoms with Crippen LogP contribution >= 0.6 is 22.9 Å². The molecule has 1 aliphatic carbocycles. The van der Waals surface area contributed by atoms with Gasteiger partial charge in [-0.2, -0.15) is 0 Å². The van der Waals surface area contributed by atoms with Crippen LogP contribution in [0.1, 0.15) is 37.7 Å². The summed E-state index contributed by atoms with van der Waals surface area (Å²) < 4.78 is 28.6. The van der Waals surface area contributed by atoms with Gasteiger partial charge in [0.15, 0.2) is 0 Å². The molecule has 1 unspecified atom stereocenters. The zero-order valence-corrected chi connectivity index (χ0v) is 16.7. The molecule has 2 N–H and O–H groups in total. The molecule has 0 radical (unpaired) electrons. The molecule has 136 valence electrons. The molecule has 0 saturated heterocycles. The summed E-state index contributed by atoms with van der Waals surface area (Å²) >= 11 is 6.94. The number of anilines is 1. The molecule has 1 aromatic carbocycles. The fraction of sp³-hybridized carbons (Fsp3) is 0.444. The Morgan fingerprint density at radius 2 is 1.88 bits per heavy atom. The highest BCUT2D eigenvalue weighted by atomic mass is 35.5. The maximum Gasteiger partial charge on any atom is 0.271 e. The Hall–Kier alpha value is -1.08. The van der Waals surface area contributed by atoms with Crippen molar-refractivity contribution in [3.8, 4) is 0 Å². The number of quaternary nitrogens is 1. The van der Waals surface area contributed by atoms with Crippen LogP contribution in [0.5, 0.6) is 0 Å². The van der Waals surface area contributed by atoms with E-state index in [1.54, 1.807) is 6.07 Å². The maximum absolute atomic E-state index is 12.6. The quantitative estimate of drug-likeness (QED) is 0.780. The lowest BCUT2D eigenvalue weighted by atomic mass is 9.94. The lowest BCUT2D eigenvalue weighted by molar-refractivity contribution is -0.921. The van der Waals surface area contributed by atoms with Crippen molar-refractivity contribution in [2.75, 3.05) is 11.8 Å². The van der Waals surface area contributed by atoms with Gasteiger partial charge >= 0.3 is 0 Å². The summed E-state index contributed by atoms with van der Waals surface area (Å²) in [5, 5.41) is 0. The van der Waals surface area contributed by atoms with Crippen molar-refractivity contribution >= 4 is 38.6 Å². The predicted octanol–water partition coefficient (Wildman–Crippen LogP) is 3.55. The molecule has 1 saturated carbocycles. The fourth-order valence-corrected chi connectivity index (χ4v) is 6.03. The smallest absolute Gasteiger partial charge is 0.271 e. The highest BCUT2D eigenvalue weighted by Crippen LogP contribution is 2.28. The highest BCUT2D eigenvalue weighted by Gasteiger charge is 2.23. The molecule has 3 rings (SSSR count). The topological polar surface area (TPSA) is 50.6 Å². The molecule has 0 aliphatic heterocycles. The molecule has 1 aromatic heterocycles. The van der Waals surface area contributed by atoms with Crippen molar-refractivity contribution in [3.63, 3.8) is 0 Å². The number of benzene rings is 1. The monoisotopic (exact) mass is 399 g/mol. The SMILES string of the molecule is C[NH+](Cc1ccccc1NS(=O)(=O)c1ccc(Cl)s1)C1CCCCC1. The van der Waals surface area contributed by atoms with Gasteiger partial charge in [-0.15, -0.1) is 11.3 Å². The number of thiophene rings is 1. The van der Waals surface area contributed by atoms with Crippen LogP contribution in [-0.4, -0.2) is 21.5 Å². The van der Waals surface area contributed by atoms with E-state index in [4.69, 9.17) is 11.6 Å². The maximum atomic E-state index is 12.6. The second-order valence-electron chi connectivity index (χ2n) is 6.68. The first-order chi connectivity index (χ1) is 12.0. The van der Waals surface area contributed by atoms with Gasteiger partial charge in [0.25, 0.3) is 10.0 Å². The summed E-state index contributed by atoms with van der Waals surface area (Å²) in [7, 11) is -1.39. The van der Waals surface area contributed by atoms with Crippen LogP contribution in [0.25, 0.3) is 0 Å². The Labute approximate surface area is 158 Å². The molecule has 1 atom stereocenters. The van der Waals surface area contributed by atoms with E-state index >= 15 is 0 Å². The summed E-state index contributed by atoms with van der Waals surface area (Å²) in [6, 6.07) is 11.5. The van der Waals surface area contributed by atoms with Crippen molar-refractivity contribution < 1.29 is 13.3 Å². The molecule has 1 fully saturated rings. The third-order valence-electron chi connectivity index (χ3n) is 4.85. The molecular weight excluding hydrogens is 376 g/mol. The molecule has 0 amide bonds. The first-order valence-electron chi connectivity index (χ1n) is 8.64. The lowest BCUT2D eigenvalue weighted by Gasteiger charge is -2.28. The van der Waals surface area contributed by atoms with E-state index in [0.717, 1.165) is 23.4 Å². The predicted molar refractivity (Wildman–Crippen MR) is 104 cm³/mol. The Balaban J connectivity index is 1.76. The minimum atomic E-state index is -3.60. The minimum Gasteiger partial charge on any atom is -0.331 e. The Morgan fingerprint density at radius 1 is 1.16 bits per heavy atom. The van der Waals surface area contributed by atoms with Gasteiger partial charge in [0.05, 0.1) is 23.1 Å². The number of hydrogen-bond donors (Lipinski definition) is 2. The van der Waals surface area contributed by atoms with Gasteiger partial charge in [-0.1, -0.05) is 36.2 Å². The Morgan fingerprint density at radius 3 is 2.56 bits per heavy atom. The largest absolute Gasteiger partial charge is 0.331 e. The van der Waals surface area contributed by atoms with E-state index in [0.29, 0.717) is 16.1 Å². The van der Waals surface area contributed by atoms with Crippen LogP contribution in [0, 0.1) is 0 Å². The van der Waals surface area contributed by atoms with Crippen molar-refractivity contribution in [1.82, 2.24) is 0 Å². The molecule has 0 bridgehead atoms. The van der Waals surface area contributed by atoms with E-state index in [1.807, 2.05) is 24.3 Å². The van der Waals surface area contributed by atoms with Gasteiger partial charge in [-0.05, 0) is 43.9 Å². The van der Waals surface area contributed by atoms with Crippen molar-refractivity contribution in [2.45, 2.75) is 48.9 Å². The van der Waals surface area contributed by atoms with Crippen LogP contribution in [0.2, 0.25) is 4.34 Å². The lowest BCUT2D eigenvalue weighted by Crippen LogP contribution is -3.11. The summed E-state index contributed by atoms with van der Waals surface area (Å²) in [4.78, 5) is 1.45. The number of sulfonamides is 1. The molecule has 25 heavy (non-hydrogen) atoms. The number of para-hydroxylation sites is 1. The molecule has 4 nitrogen and oxygen atoms in total. The van der Waals surface area contributed by atoms with Crippen molar-refractivity contribution in [2.24, 2.45) is 0 Å². The number of halogens is 1. The van der Waals surface area contributed by atoms with Gasteiger partial charge in [0, 0.05) is 5.56 Å². The Kier molecular flexibility index (Phi) is 6.04.